The molecule has 0 bridgehead atoms. The molecule has 3 rings (SSSR count). The number of rotatable bonds is 34. The highest BCUT2D eigenvalue weighted by Crippen LogP contribution is 2.13. The van der Waals surface area contributed by atoms with Crippen LogP contribution in [0.1, 0.15) is 51.4 Å². The van der Waals surface area contributed by atoms with Crippen LogP contribution in [0, 0.1) is 6.92 Å². The number of imidazole rings is 1. The smallest absolute Gasteiger partial charge is 0.328 e. The second kappa shape index (κ2) is 34.4. The number of aliphatic hydroxyl groups is 2. The predicted molar refractivity (Wildman–Crippen MR) is 305 cm³/mol. The first-order valence-electron chi connectivity index (χ1n) is 26.1. The lowest BCUT2D eigenvalue weighted by Crippen LogP contribution is -2.60. The molecule has 0 radical (unpaired) electrons. The number of hydrogen-bond acceptors (Lipinski definition) is 20. The van der Waals surface area contributed by atoms with Gasteiger partial charge in [0.05, 0.1) is 43.9 Å². The number of primary amides is 1. The normalized spacial score (nSPS) is 14.6. The minimum Gasteiger partial charge on any atom is -0.391 e. The number of carbonyl (C=O) groups excluding carboxylic acids is 11. The molecule has 0 saturated heterocycles. The van der Waals surface area contributed by atoms with Crippen LogP contribution in [0.5, 0.6) is 0 Å². The van der Waals surface area contributed by atoms with Gasteiger partial charge in [-0.25, -0.2) is 9.78 Å². The number of nitrogens with one attached hydrogen (secondary N) is 10. The van der Waals surface area contributed by atoms with E-state index in [-0.39, 0.29) is 36.8 Å². The van der Waals surface area contributed by atoms with Crippen molar-refractivity contribution in [3.63, 3.8) is 0 Å². The lowest BCUT2D eigenvalue weighted by atomic mass is 10.1. The molecule has 0 unspecified atom stereocenters. The summed E-state index contributed by atoms with van der Waals surface area (Å²) in [7, 11) is 0. The van der Waals surface area contributed by atoms with E-state index in [1.807, 2.05) is 30.3 Å². The number of aryl methyl sites for hydroxylation is 1. The molecule has 0 aliphatic heterocycles. The SMILES string of the molecule is Cc1cn(CC(=O)N(CCNC(=O)[C@H](C)NC(=O)CNC(=O)[C@H](C)NC(=O)[C@@H](NC(=O)CN)[C@@H](C)O)[C@@H](Cc2cn(COCc3ccccc3)cn2)C(=O)N[C@@H](CS)C(=O)N[C@@H](C)C(=O)N[C@@H](CS)C(=O)N[C@H](C(N)=O)[C@@H](C)O)c(=O)[nH]c1=O. The Morgan fingerprint density at radius 3 is 1.87 bits per heavy atom. The molecule has 0 fully saturated rings. The van der Waals surface area contributed by atoms with Gasteiger partial charge in [-0.15, -0.1) is 0 Å². The van der Waals surface area contributed by atoms with Crippen LogP contribution in [-0.4, -0.2) is 197 Å². The van der Waals surface area contributed by atoms with Gasteiger partial charge in [0.25, 0.3) is 5.56 Å². The highest BCUT2D eigenvalue weighted by atomic mass is 32.1. The first-order chi connectivity index (χ1) is 39.6. The number of nitrogens with zero attached hydrogens (tertiary/aromatic N) is 4. The number of ether oxygens (including phenoxy) is 1. The van der Waals surface area contributed by atoms with Crippen LogP contribution in [-0.2, 0) is 83.8 Å². The van der Waals surface area contributed by atoms with Crippen molar-refractivity contribution in [2.75, 3.05) is 37.7 Å². The fourth-order valence-electron chi connectivity index (χ4n) is 7.55. The molecule has 10 atom stereocenters. The third-order valence-electron chi connectivity index (χ3n) is 12.3. The van der Waals surface area contributed by atoms with Gasteiger partial charge < -0.3 is 83.7 Å². The van der Waals surface area contributed by atoms with Crippen LogP contribution in [0.25, 0.3) is 0 Å². The zero-order valence-electron chi connectivity index (χ0n) is 46.9. The van der Waals surface area contributed by atoms with Crippen LogP contribution in [0.15, 0.2) is 58.6 Å². The van der Waals surface area contributed by atoms with Crippen molar-refractivity contribution in [1.82, 2.24) is 71.9 Å². The maximum Gasteiger partial charge on any atom is 0.328 e. The van der Waals surface area contributed by atoms with E-state index >= 15 is 0 Å². The maximum absolute atomic E-state index is 14.7. The van der Waals surface area contributed by atoms with Gasteiger partial charge >= 0.3 is 5.69 Å². The summed E-state index contributed by atoms with van der Waals surface area (Å²) >= 11 is 8.35. The summed E-state index contributed by atoms with van der Waals surface area (Å²) in [5.74, 6) is -10.7. The topological polar surface area (TPSA) is 474 Å². The number of benzene rings is 1. The average molecular weight is 1220 g/mol. The number of aromatic amines is 1. The van der Waals surface area contributed by atoms with E-state index < -0.39 is 175 Å². The Bertz CT molecular complexity index is 2920. The van der Waals surface area contributed by atoms with E-state index in [2.05, 4.69) is 83.1 Å². The predicted octanol–water partition coefficient (Wildman–Crippen LogP) is -7.59. The van der Waals surface area contributed by atoms with Gasteiger partial charge in [0.15, 0.2) is 0 Å². The maximum atomic E-state index is 14.7. The van der Waals surface area contributed by atoms with E-state index in [0.717, 1.165) is 21.2 Å². The van der Waals surface area contributed by atoms with Crippen LogP contribution in [0.4, 0.5) is 0 Å². The van der Waals surface area contributed by atoms with Crippen LogP contribution in [0.3, 0.4) is 0 Å². The van der Waals surface area contributed by atoms with E-state index in [1.54, 1.807) is 4.57 Å². The van der Waals surface area contributed by atoms with Crippen LogP contribution in [0.2, 0.25) is 0 Å². The van der Waals surface area contributed by atoms with Gasteiger partial charge in [-0.3, -0.25) is 67.1 Å². The van der Waals surface area contributed by atoms with Crippen molar-refractivity contribution in [2.45, 2.75) is 128 Å². The zero-order chi connectivity index (χ0) is 63.0. The first-order valence-corrected chi connectivity index (χ1v) is 27.3. The number of aliphatic hydroxyl groups excluding tert-OH is 2. The summed E-state index contributed by atoms with van der Waals surface area (Å²) in [6.07, 6.45) is 0.888. The molecule has 32 nitrogen and oxygen atoms in total. The van der Waals surface area contributed by atoms with Crippen molar-refractivity contribution >= 4 is 90.2 Å². The second-order valence-corrected chi connectivity index (χ2v) is 19.9. The van der Waals surface area contributed by atoms with Crippen molar-refractivity contribution in [3.8, 4) is 0 Å². The molecule has 462 valence electrons. The largest absolute Gasteiger partial charge is 0.391 e. The minimum absolute atomic E-state index is 0.00762. The second-order valence-electron chi connectivity index (χ2n) is 19.2. The average Bonchev–Trinajstić information content (AvgIpc) is 3.73. The fraction of sp³-hybridized carbons (Fsp3) is 0.520. The van der Waals surface area contributed by atoms with E-state index in [9.17, 15) is 72.5 Å². The molecule has 0 aliphatic carbocycles. The Balaban J connectivity index is 1.89. The molecule has 1 aromatic carbocycles. The van der Waals surface area contributed by atoms with Gasteiger partial charge in [-0.2, -0.15) is 25.3 Å². The van der Waals surface area contributed by atoms with E-state index in [1.165, 1.54) is 54.1 Å². The summed E-state index contributed by atoms with van der Waals surface area (Å²) < 4.78 is 8.25. The third kappa shape index (κ3) is 22.5. The van der Waals surface area contributed by atoms with Gasteiger partial charge in [-0.1, -0.05) is 30.3 Å². The molecule has 0 aliphatic rings. The molecule has 0 spiro atoms. The first kappa shape index (κ1) is 70.1. The van der Waals surface area contributed by atoms with Crippen molar-refractivity contribution < 1.29 is 67.7 Å². The third-order valence-corrected chi connectivity index (χ3v) is 13.0. The molecular formula is C50H74N16O16S2. The van der Waals surface area contributed by atoms with Crippen molar-refractivity contribution in [2.24, 2.45) is 11.5 Å². The Labute approximate surface area is 492 Å². The molecule has 0 saturated carbocycles. The van der Waals surface area contributed by atoms with Gasteiger partial charge in [-0.05, 0) is 47.1 Å². The lowest BCUT2D eigenvalue weighted by Gasteiger charge is -2.32. The molecule has 34 heteroatoms. The highest BCUT2D eigenvalue weighted by molar-refractivity contribution is 7.80. The molecule has 2 aromatic heterocycles. The molecule has 11 amide bonds. The zero-order valence-corrected chi connectivity index (χ0v) is 48.7. The van der Waals surface area contributed by atoms with Gasteiger partial charge in [0, 0.05) is 49.0 Å². The molecule has 84 heavy (non-hydrogen) atoms. The monoisotopic (exact) mass is 1220 g/mol. The minimum atomic E-state index is -1.63. The van der Waals surface area contributed by atoms with Crippen molar-refractivity contribution in [3.05, 3.63) is 86.7 Å². The van der Waals surface area contributed by atoms with Gasteiger partial charge in [0.1, 0.15) is 61.6 Å². The number of amides is 11. The van der Waals surface area contributed by atoms with Crippen LogP contribution < -0.4 is 70.6 Å². The molecule has 3 aromatic rings. The number of carbonyl (C=O) groups is 11. The summed E-state index contributed by atoms with van der Waals surface area (Å²) in [6, 6.07) is -2.24. The van der Waals surface area contributed by atoms with Crippen LogP contribution >= 0.6 is 25.3 Å². The Morgan fingerprint density at radius 1 is 0.702 bits per heavy atom. The highest BCUT2D eigenvalue weighted by Gasteiger charge is 2.36. The Hall–Kier alpha value is -8.18. The van der Waals surface area contributed by atoms with E-state index in [4.69, 9.17) is 16.2 Å². The number of nitrogens with two attached hydrogens (primary N) is 2. The number of hydrogen-bond donors (Lipinski definition) is 16. The Kier molecular flexibility index (Phi) is 28.7. The molecule has 16 N–H and O–H groups in total. The summed E-state index contributed by atoms with van der Waals surface area (Å²) in [5, 5.41) is 41.1. The molecular weight excluding hydrogens is 1140 g/mol. The quantitative estimate of drug-likeness (QED) is 0.0247. The number of aromatic nitrogens is 4. The van der Waals surface area contributed by atoms with Crippen molar-refractivity contribution in [1.29, 1.82) is 0 Å². The summed E-state index contributed by atoms with van der Waals surface area (Å²) in [4.78, 5) is 177. The van der Waals surface area contributed by atoms with E-state index in [0.29, 0.717) is 0 Å². The standard InChI is InChI=1S/C50H74N16O16S2/c1-25-17-65(50(81)63-42(25)73)19-38(71)66(13-12-53-43(74)26(2)56-37(70)16-54-44(75)27(3)58-49(80)40(30(6)68)61-36(69)15-51)35(14-32-18-64(23-55-32)24-82-20-31-10-8-7-9-11-31)48(79)60-33(21-83)46(77)57-28(4)45(76)59-34(22-84)47(78)62-39(29(5)67)41(52)72/h7-11,17-18,23,26-30,33-35,39-40,67-68,83-84H,12-16,19-22,24,51H2,1-6H3,(H2,52,72)(H,53,74)(H,54,75)(H,56,70)(H,57,77)(H,58,80)(H,59,76)(H,60,79)(H,61,69)(H,62,78)(H,63,73,81)/t26-,27-,28-,29+,30+,33-,34-,35-,39-,40-/m0/s1. The Morgan fingerprint density at radius 2 is 1.27 bits per heavy atom. The fourth-order valence-corrected chi connectivity index (χ4v) is 8.06. The number of thiol groups is 2. The lowest BCUT2D eigenvalue weighted by molar-refractivity contribution is -0.142. The summed E-state index contributed by atoms with van der Waals surface area (Å²) in [6.45, 7) is 4.96. The molecule has 2 heterocycles. The van der Waals surface area contributed by atoms with Gasteiger partial charge in [0.2, 0.25) is 65.0 Å². The number of H-pyrrole nitrogens is 1. The summed E-state index contributed by atoms with van der Waals surface area (Å²) in [5.41, 5.74) is 9.95.